The first-order valence-corrected chi connectivity index (χ1v) is 5.58. The van der Waals surface area contributed by atoms with E-state index in [1.54, 1.807) is 0 Å². The van der Waals surface area contributed by atoms with Gasteiger partial charge in [0, 0.05) is 6.54 Å². The number of amides is 1. The van der Waals surface area contributed by atoms with Crippen molar-refractivity contribution in [3.63, 3.8) is 0 Å². The third-order valence-corrected chi connectivity index (χ3v) is 2.79. The average Bonchev–Trinajstić information content (AvgIpc) is 2.42. The third kappa shape index (κ3) is 2.63. The van der Waals surface area contributed by atoms with Crippen LogP contribution in [0.5, 0.6) is 0 Å². The second-order valence-electron chi connectivity index (χ2n) is 4.10. The van der Waals surface area contributed by atoms with Gasteiger partial charge in [-0.05, 0) is 12.1 Å². The molecule has 2 rings (SSSR count). The van der Waals surface area contributed by atoms with Crippen LogP contribution >= 0.6 is 0 Å². The predicted octanol–water partition coefficient (Wildman–Crippen LogP) is 0.912. The Morgan fingerprint density at radius 1 is 1.53 bits per heavy atom. The van der Waals surface area contributed by atoms with E-state index in [0.717, 1.165) is 12.1 Å². The lowest BCUT2D eigenvalue weighted by Gasteiger charge is -2.30. The number of nitrogen functional groups attached to an aromatic ring is 1. The van der Waals surface area contributed by atoms with Crippen molar-refractivity contribution in [1.29, 1.82) is 5.26 Å². The zero-order valence-electron chi connectivity index (χ0n) is 9.90. The summed E-state index contributed by atoms with van der Waals surface area (Å²) in [7, 11) is 0. The number of nitrogens with zero attached hydrogens (tertiary/aromatic N) is 2. The van der Waals surface area contributed by atoms with Crippen LogP contribution in [-0.2, 0) is 4.74 Å². The van der Waals surface area contributed by atoms with Crippen molar-refractivity contribution >= 4 is 11.6 Å². The number of nitrogens with two attached hydrogens (primary N) is 1. The molecule has 0 aromatic heterocycles. The van der Waals surface area contributed by atoms with E-state index < -0.39 is 34.9 Å². The molecule has 0 saturated carbocycles. The molecule has 1 unspecified atom stereocenters. The summed E-state index contributed by atoms with van der Waals surface area (Å²) in [4.78, 5) is 13.3. The zero-order valence-corrected chi connectivity index (χ0v) is 9.90. The normalized spacial score (nSPS) is 19.0. The van der Waals surface area contributed by atoms with E-state index in [-0.39, 0.29) is 19.7 Å². The lowest BCUT2D eigenvalue weighted by molar-refractivity contribution is 0.00325. The molecule has 1 aromatic carbocycles. The highest BCUT2D eigenvalue weighted by atomic mass is 19.1. The molecule has 1 atom stereocenters. The van der Waals surface area contributed by atoms with E-state index in [4.69, 9.17) is 15.7 Å². The molecule has 1 aliphatic heterocycles. The second kappa shape index (κ2) is 5.20. The molecule has 0 radical (unpaired) electrons. The van der Waals surface area contributed by atoms with Crippen LogP contribution in [0.15, 0.2) is 12.1 Å². The summed E-state index contributed by atoms with van der Waals surface area (Å²) in [6.07, 6.45) is -0.758. The number of hydrogen-bond acceptors (Lipinski definition) is 4. The number of hydrogen-bond donors (Lipinski definition) is 1. The predicted molar refractivity (Wildman–Crippen MR) is 62.0 cm³/mol. The Labute approximate surface area is 108 Å². The molecule has 1 amide bonds. The van der Waals surface area contributed by atoms with Gasteiger partial charge in [0.25, 0.3) is 5.91 Å². The summed E-state index contributed by atoms with van der Waals surface area (Å²) in [5.41, 5.74) is 4.42. The van der Waals surface area contributed by atoms with Gasteiger partial charge in [0.15, 0.2) is 11.9 Å². The number of rotatable bonds is 1. The number of carbonyl (C=O) groups is 1. The van der Waals surface area contributed by atoms with Crippen LogP contribution in [0.2, 0.25) is 0 Å². The van der Waals surface area contributed by atoms with Gasteiger partial charge in [-0.2, -0.15) is 5.26 Å². The van der Waals surface area contributed by atoms with Crippen LogP contribution < -0.4 is 5.73 Å². The van der Waals surface area contributed by atoms with Crippen molar-refractivity contribution in [3.05, 3.63) is 29.3 Å². The molecule has 0 spiro atoms. The largest absolute Gasteiger partial charge is 0.396 e. The van der Waals surface area contributed by atoms with Crippen molar-refractivity contribution in [2.45, 2.75) is 6.10 Å². The average molecular weight is 267 g/mol. The van der Waals surface area contributed by atoms with E-state index in [9.17, 15) is 13.6 Å². The maximum absolute atomic E-state index is 13.7. The Kier molecular flexibility index (Phi) is 3.62. The van der Waals surface area contributed by atoms with Crippen LogP contribution in [0.25, 0.3) is 0 Å². The zero-order chi connectivity index (χ0) is 14.0. The first kappa shape index (κ1) is 13.2. The Morgan fingerprint density at radius 2 is 2.26 bits per heavy atom. The van der Waals surface area contributed by atoms with Crippen LogP contribution in [-0.4, -0.2) is 36.6 Å². The molecule has 2 N–H and O–H groups in total. The fourth-order valence-electron chi connectivity index (χ4n) is 1.85. The number of morpholine rings is 1. The Morgan fingerprint density at radius 3 is 2.95 bits per heavy atom. The molecule has 7 heteroatoms. The summed E-state index contributed by atoms with van der Waals surface area (Å²) in [5.74, 6) is -2.44. The molecule has 0 bridgehead atoms. The minimum Gasteiger partial charge on any atom is -0.396 e. The number of nitriles is 1. The monoisotopic (exact) mass is 267 g/mol. The van der Waals surface area contributed by atoms with E-state index in [2.05, 4.69) is 0 Å². The SMILES string of the molecule is N#CC1CN(C(=O)c2cc(F)cc(N)c2F)CCO1. The summed E-state index contributed by atoms with van der Waals surface area (Å²) in [6.45, 7) is 0.411. The minimum absolute atomic E-state index is 0.0190. The van der Waals surface area contributed by atoms with Crippen molar-refractivity contribution < 1.29 is 18.3 Å². The highest BCUT2D eigenvalue weighted by molar-refractivity contribution is 5.95. The maximum atomic E-state index is 13.7. The minimum atomic E-state index is -0.952. The van der Waals surface area contributed by atoms with Gasteiger partial charge >= 0.3 is 0 Å². The molecule has 0 aliphatic carbocycles. The number of halogens is 2. The highest BCUT2D eigenvalue weighted by Crippen LogP contribution is 2.20. The van der Waals surface area contributed by atoms with Crippen LogP contribution in [0.3, 0.4) is 0 Å². The molecule has 1 heterocycles. The van der Waals surface area contributed by atoms with Gasteiger partial charge in [0.1, 0.15) is 5.82 Å². The molecule has 1 saturated heterocycles. The van der Waals surface area contributed by atoms with Gasteiger partial charge in [-0.25, -0.2) is 8.78 Å². The standard InChI is InChI=1S/C12H11F2N3O2/c13-7-3-9(11(14)10(16)4-7)12(18)17-1-2-19-8(5-15)6-17/h3-4,8H,1-2,6,16H2. The summed E-state index contributed by atoms with van der Waals surface area (Å²) >= 11 is 0. The third-order valence-electron chi connectivity index (χ3n) is 2.79. The van der Waals surface area contributed by atoms with E-state index in [1.807, 2.05) is 6.07 Å². The van der Waals surface area contributed by atoms with Crippen LogP contribution in [0.1, 0.15) is 10.4 Å². The number of ether oxygens (including phenoxy) is 1. The van der Waals surface area contributed by atoms with Crippen molar-refractivity contribution in [3.8, 4) is 6.07 Å². The quantitative estimate of drug-likeness (QED) is 0.767. The highest BCUT2D eigenvalue weighted by Gasteiger charge is 2.27. The van der Waals surface area contributed by atoms with Gasteiger partial charge < -0.3 is 15.4 Å². The van der Waals surface area contributed by atoms with Crippen LogP contribution in [0, 0.1) is 23.0 Å². The molecule has 1 aromatic rings. The first-order chi connectivity index (χ1) is 9.02. The fourth-order valence-corrected chi connectivity index (χ4v) is 1.85. The molecule has 5 nitrogen and oxygen atoms in total. The first-order valence-electron chi connectivity index (χ1n) is 5.58. The number of anilines is 1. The fraction of sp³-hybridized carbons (Fsp3) is 0.333. The molecule has 100 valence electrons. The number of carbonyl (C=O) groups excluding carboxylic acids is 1. The van der Waals surface area contributed by atoms with E-state index in [0.29, 0.717) is 0 Å². The molecule has 1 aliphatic rings. The smallest absolute Gasteiger partial charge is 0.257 e. The topological polar surface area (TPSA) is 79.4 Å². The van der Waals surface area contributed by atoms with Crippen molar-refractivity contribution in [1.82, 2.24) is 4.90 Å². The summed E-state index contributed by atoms with van der Waals surface area (Å²) in [6, 6.07) is 3.47. The van der Waals surface area contributed by atoms with Gasteiger partial charge in [0.2, 0.25) is 0 Å². The molecular weight excluding hydrogens is 256 g/mol. The Bertz CT molecular complexity index is 557. The van der Waals surface area contributed by atoms with Crippen molar-refractivity contribution in [2.75, 3.05) is 25.4 Å². The van der Waals surface area contributed by atoms with Gasteiger partial charge in [-0.15, -0.1) is 0 Å². The van der Waals surface area contributed by atoms with Crippen LogP contribution in [0.4, 0.5) is 14.5 Å². The van der Waals surface area contributed by atoms with Crippen molar-refractivity contribution in [2.24, 2.45) is 0 Å². The molecule has 19 heavy (non-hydrogen) atoms. The van der Waals surface area contributed by atoms with Gasteiger partial charge in [-0.3, -0.25) is 4.79 Å². The summed E-state index contributed by atoms with van der Waals surface area (Å²) in [5, 5.41) is 8.74. The Balaban J connectivity index is 2.27. The lowest BCUT2D eigenvalue weighted by Crippen LogP contribution is -2.45. The lowest BCUT2D eigenvalue weighted by atomic mass is 10.1. The Hall–Kier alpha value is -2.20. The van der Waals surface area contributed by atoms with E-state index >= 15 is 0 Å². The molecule has 1 fully saturated rings. The van der Waals surface area contributed by atoms with Gasteiger partial charge in [0.05, 0.1) is 30.5 Å². The van der Waals surface area contributed by atoms with E-state index in [1.165, 1.54) is 4.90 Å². The molecular formula is C12H11F2N3O2. The summed E-state index contributed by atoms with van der Waals surface area (Å²) < 4.78 is 32.0. The maximum Gasteiger partial charge on any atom is 0.257 e. The van der Waals surface area contributed by atoms with Gasteiger partial charge in [-0.1, -0.05) is 0 Å². The number of benzene rings is 1. The second-order valence-corrected chi connectivity index (χ2v) is 4.10.